The van der Waals surface area contributed by atoms with Gasteiger partial charge in [0, 0.05) is 0 Å². The fraction of sp³-hybridized carbons (Fsp3) is 0.562. The molecule has 3 heteroatoms. The van der Waals surface area contributed by atoms with Crippen molar-refractivity contribution >= 4 is 5.97 Å². The maximum Gasteiger partial charge on any atom is 0.338 e. The zero-order valence-corrected chi connectivity index (χ0v) is 12.5. The second-order valence-electron chi connectivity index (χ2n) is 6.37. The van der Waals surface area contributed by atoms with Crippen LogP contribution in [-0.2, 0) is 4.74 Å². The summed E-state index contributed by atoms with van der Waals surface area (Å²) in [4.78, 5) is 11.8. The first-order chi connectivity index (χ1) is 8.78. The van der Waals surface area contributed by atoms with E-state index in [1.807, 2.05) is 20.8 Å². The Kier molecular flexibility index (Phi) is 5.40. The molecule has 0 heterocycles. The minimum absolute atomic E-state index is 0.0179. The standard InChI is InChI=1S/C16H24O3/c1-12(2)10-18-14-8-6-13(7-9-14)15(17)19-11-16(3,4)5/h6-9,12H,10-11H2,1-5H3. The molecule has 0 bridgehead atoms. The van der Waals surface area contributed by atoms with Crippen molar-refractivity contribution in [1.82, 2.24) is 0 Å². The lowest BCUT2D eigenvalue weighted by atomic mass is 9.99. The average molecular weight is 264 g/mol. The summed E-state index contributed by atoms with van der Waals surface area (Å²) in [5.41, 5.74) is 0.539. The number of benzene rings is 1. The van der Waals surface area contributed by atoms with E-state index < -0.39 is 0 Å². The van der Waals surface area contributed by atoms with E-state index >= 15 is 0 Å². The zero-order valence-electron chi connectivity index (χ0n) is 12.5. The molecule has 0 saturated heterocycles. The van der Waals surface area contributed by atoms with Gasteiger partial charge in [-0.1, -0.05) is 34.6 Å². The SMILES string of the molecule is CC(C)COc1ccc(C(=O)OCC(C)(C)C)cc1. The van der Waals surface area contributed by atoms with Gasteiger partial charge in [0.2, 0.25) is 0 Å². The molecule has 1 aromatic rings. The van der Waals surface area contributed by atoms with Crippen LogP contribution >= 0.6 is 0 Å². The molecule has 0 aliphatic rings. The Morgan fingerprint density at radius 1 is 1.16 bits per heavy atom. The number of hydrogen-bond acceptors (Lipinski definition) is 3. The highest BCUT2D eigenvalue weighted by molar-refractivity contribution is 5.89. The quantitative estimate of drug-likeness (QED) is 0.756. The van der Waals surface area contributed by atoms with Gasteiger partial charge in [0.05, 0.1) is 18.8 Å². The molecule has 0 aliphatic carbocycles. The summed E-state index contributed by atoms with van der Waals surface area (Å²) in [5, 5.41) is 0. The highest BCUT2D eigenvalue weighted by atomic mass is 16.5. The molecule has 19 heavy (non-hydrogen) atoms. The van der Waals surface area contributed by atoms with Crippen LogP contribution in [0, 0.1) is 11.3 Å². The summed E-state index contributed by atoms with van der Waals surface area (Å²) in [7, 11) is 0. The molecule has 0 aliphatic heterocycles. The molecule has 1 aromatic carbocycles. The third-order valence-electron chi connectivity index (χ3n) is 2.31. The molecule has 0 aromatic heterocycles. The number of carbonyl (C=O) groups is 1. The van der Waals surface area contributed by atoms with Gasteiger partial charge in [0.1, 0.15) is 5.75 Å². The molecular weight excluding hydrogens is 240 g/mol. The molecular formula is C16H24O3. The second-order valence-corrected chi connectivity index (χ2v) is 6.37. The van der Waals surface area contributed by atoms with Gasteiger partial charge in [0.15, 0.2) is 0 Å². The van der Waals surface area contributed by atoms with Crippen LogP contribution in [-0.4, -0.2) is 19.2 Å². The van der Waals surface area contributed by atoms with E-state index in [1.165, 1.54) is 0 Å². The van der Waals surface area contributed by atoms with Crippen LogP contribution in [0.4, 0.5) is 0 Å². The van der Waals surface area contributed by atoms with Crippen molar-refractivity contribution < 1.29 is 14.3 Å². The van der Waals surface area contributed by atoms with E-state index in [0.717, 1.165) is 5.75 Å². The molecule has 0 fully saturated rings. The van der Waals surface area contributed by atoms with Gasteiger partial charge in [-0.05, 0) is 35.6 Å². The van der Waals surface area contributed by atoms with Crippen LogP contribution in [0.2, 0.25) is 0 Å². The first-order valence-electron chi connectivity index (χ1n) is 6.68. The number of hydrogen-bond donors (Lipinski definition) is 0. The summed E-state index contributed by atoms with van der Waals surface area (Å²) in [6.07, 6.45) is 0. The smallest absolute Gasteiger partial charge is 0.338 e. The maximum absolute atomic E-state index is 11.8. The van der Waals surface area contributed by atoms with E-state index in [4.69, 9.17) is 9.47 Å². The lowest BCUT2D eigenvalue weighted by Gasteiger charge is -2.17. The van der Waals surface area contributed by atoms with E-state index in [-0.39, 0.29) is 11.4 Å². The number of ether oxygens (including phenoxy) is 2. The molecule has 0 atom stereocenters. The van der Waals surface area contributed by atoms with Gasteiger partial charge >= 0.3 is 5.97 Å². The van der Waals surface area contributed by atoms with Crippen molar-refractivity contribution in [3.8, 4) is 5.75 Å². The zero-order chi connectivity index (χ0) is 14.5. The lowest BCUT2D eigenvalue weighted by molar-refractivity contribution is 0.0367. The Balaban J connectivity index is 2.53. The van der Waals surface area contributed by atoms with E-state index in [1.54, 1.807) is 24.3 Å². The van der Waals surface area contributed by atoms with Crippen molar-refractivity contribution in [2.75, 3.05) is 13.2 Å². The third-order valence-corrected chi connectivity index (χ3v) is 2.31. The molecule has 0 N–H and O–H groups in total. The molecule has 3 nitrogen and oxygen atoms in total. The van der Waals surface area contributed by atoms with Gasteiger partial charge in [-0.25, -0.2) is 4.79 Å². The Labute approximate surface area is 115 Å². The molecule has 0 unspecified atom stereocenters. The maximum atomic E-state index is 11.8. The summed E-state index contributed by atoms with van der Waals surface area (Å²) in [5.74, 6) is 0.975. The highest BCUT2D eigenvalue weighted by Gasteiger charge is 2.15. The highest BCUT2D eigenvalue weighted by Crippen LogP contribution is 2.17. The van der Waals surface area contributed by atoms with Crippen molar-refractivity contribution in [1.29, 1.82) is 0 Å². The number of rotatable bonds is 5. The Morgan fingerprint density at radius 2 is 1.74 bits per heavy atom. The van der Waals surface area contributed by atoms with Crippen molar-refractivity contribution in [2.45, 2.75) is 34.6 Å². The predicted molar refractivity (Wildman–Crippen MR) is 76.5 cm³/mol. The molecule has 0 saturated carbocycles. The molecule has 1 rings (SSSR count). The van der Waals surface area contributed by atoms with Gasteiger partial charge in [-0.2, -0.15) is 0 Å². The van der Waals surface area contributed by atoms with Gasteiger partial charge in [-0.15, -0.1) is 0 Å². The summed E-state index contributed by atoms with van der Waals surface area (Å²) < 4.78 is 10.8. The van der Waals surface area contributed by atoms with Crippen LogP contribution in [0.1, 0.15) is 45.0 Å². The minimum Gasteiger partial charge on any atom is -0.493 e. The molecule has 0 amide bonds. The van der Waals surface area contributed by atoms with Crippen molar-refractivity contribution in [3.05, 3.63) is 29.8 Å². The van der Waals surface area contributed by atoms with Crippen LogP contribution in [0.25, 0.3) is 0 Å². The molecule has 0 radical (unpaired) electrons. The Hall–Kier alpha value is -1.51. The van der Waals surface area contributed by atoms with E-state index in [0.29, 0.717) is 24.7 Å². The fourth-order valence-corrected chi connectivity index (χ4v) is 1.32. The third kappa shape index (κ3) is 6.27. The second kappa shape index (κ2) is 6.60. The topological polar surface area (TPSA) is 35.5 Å². The summed E-state index contributed by atoms with van der Waals surface area (Å²) >= 11 is 0. The Morgan fingerprint density at radius 3 is 2.21 bits per heavy atom. The van der Waals surface area contributed by atoms with Gasteiger partial charge in [0.25, 0.3) is 0 Å². The van der Waals surface area contributed by atoms with Crippen molar-refractivity contribution in [3.63, 3.8) is 0 Å². The number of esters is 1. The first kappa shape index (κ1) is 15.5. The molecule has 0 spiro atoms. The first-order valence-corrected chi connectivity index (χ1v) is 6.68. The van der Waals surface area contributed by atoms with Crippen LogP contribution in [0.5, 0.6) is 5.75 Å². The Bertz CT molecular complexity index is 399. The van der Waals surface area contributed by atoms with Crippen LogP contribution in [0.3, 0.4) is 0 Å². The predicted octanol–water partition coefficient (Wildman–Crippen LogP) is 3.92. The van der Waals surface area contributed by atoms with Gasteiger partial charge in [-0.3, -0.25) is 0 Å². The summed E-state index contributed by atoms with van der Waals surface area (Å²) in [6, 6.07) is 7.08. The average Bonchev–Trinajstić information content (AvgIpc) is 2.33. The largest absolute Gasteiger partial charge is 0.493 e. The monoisotopic (exact) mass is 264 g/mol. The normalized spacial score (nSPS) is 11.5. The van der Waals surface area contributed by atoms with Crippen LogP contribution < -0.4 is 4.74 Å². The van der Waals surface area contributed by atoms with Crippen molar-refractivity contribution in [2.24, 2.45) is 11.3 Å². The van der Waals surface area contributed by atoms with E-state index in [9.17, 15) is 4.79 Å². The number of carbonyl (C=O) groups excluding carboxylic acids is 1. The minimum atomic E-state index is -0.287. The lowest BCUT2D eigenvalue weighted by Crippen LogP contribution is -2.18. The molecule has 106 valence electrons. The van der Waals surface area contributed by atoms with E-state index in [2.05, 4.69) is 13.8 Å². The summed E-state index contributed by atoms with van der Waals surface area (Å²) in [6.45, 7) is 11.4. The van der Waals surface area contributed by atoms with Gasteiger partial charge < -0.3 is 9.47 Å². The van der Waals surface area contributed by atoms with Crippen LogP contribution in [0.15, 0.2) is 24.3 Å². The fourth-order valence-electron chi connectivity index (χ4n) is 1.32.